The van der Waals surface area contributed by atoms with E-state index in [-0.39, 0.29) is 0 Å². The van der Waals surface area contributed by atoms with Crippen molar-refractivity contribution in [1.29, 1.82) is 5.26 Å². The molecule has 0 aliphatic carbocycles. The van der Waals surface area contributed by atoms with Crippen LogP contribution in [0.1, 0.15) is 19.4 Å². The average molecular weight is 264 g/mol. The van der Waals surface area contributed by atoms with Crippen LogP contribution in [0.5, 0.6) is 0 Å². The second-order valence-corrected chi connectivity index (χ2v) is 5.24. The number of anilines is 1. The van der Waals surface area contributed by atoms with E-state index in [9.17, 15) is 15.2 Å². The van der Waals surface area contributed by atoms with Crippen LogP contribution < -0.4 is 4.90 Å². The molecule has 0 saturated carbocycles. The largest absolute Gasteiger partial charge is 0.480 e. The summed E-state index contributed by atoms with van der Waals surface area (Å²) in [6.45, 7) is 3.23. The molecule has 1 aromatic carbocycles. The van der Waals surface area contributed by atoms with Crippen LogP contribution in [-0.4, -0.2) is 29.9 Å². The Morgan fingerprint density at radius 1 is 1.50 bits per heavy atom. The number of carboxylic acids is 1. The van der Waals surface area contributed by atoms with Crippen LogP contribution in [0.3, 0.4) is 0 Å². The van der Waals surface area contributed by atoms with E-state index in [4.69, 9.17) is 0 Å². The quantitative estimate of drug-likeness (QED) is 0.847. The maximum atomic E-state index is 11.3. The minimum Gasteiger partial charge on any atom is -0.480 e. The summed E-state index contributed by atoms with van der Waals surface area (Å²) in [5.41, 5.74) is 0.0846. The van der Waals surface area contributed by atoms with Gasteiger partial charge >= 0.3 is 5.97 Å². The minimum atomic E-state index is -1.07. The second-order valence-electron chi connectivity index (χ2n) is 4.39. The maximum absolute atomic E-state index is 11.3. The van der Waals surface area contributed by atoms with E-state index in [0.717, 1.165) is 4.90 Å². The lowest BCUT2D eigenvalue weighted by Crippen LogP contribution is -2.48. The van der Waals surface area contributed by atoms with Gasteiger partial charge in [-0.2, -0.15) is 5.26 Å². The van der Waals surface area contributed by atoms with Gasteiger partial charge in [0.25, 0.3) is 0 Å². The fourth-order valence-corrected chi connectivity index (χ4v) is 2.10. The van der Waals surface area contributed by atoms with Gasteiger partial charge in [-0.25, -0.2) is 4.79 Å². The van der Waals surface area contributed by atoms with Crippen LogP contribution in [0.2, 0.25) is 0 Å². The van der Waals surface area contributed by atoms with Gasteiger partial charge in [-0.05, 0) is 32.2 Å². The van der Waals surface area contributed by atoms with Crippen molar-refractivity contribution in [3.8, 4) is 6.07 Å². The Morgan fingerprint density at radius 2 is 2.11 bits per heavy atom. The van der Waals surface area contributed by atoms with Crippen molar-refractivity contribution in [2.45, 2.75) is 24.3 Å². The van der Waals surface area contributed by atoms with E-state index in [2.05, 4.69) is 6.07 Å². The summed E-state index contributed by atoms with van der Waals surface area (Å²) in [5.74, 6) is -0.927. The van der Waals surface area contributed by atoms with Crippen molar-refractivity contribution in [2.24, 2.45) is 0 Å². The molecule has 0 bridgehead atoms. The lowest BCUT2D eigenvalue weighted by Gasteiger charge is -2.34. The van der Waals surface area contributed by atoms with Gasteiger partial charge in [-0.15, -0.1) is 11.8 Å². The van der Waals surface area contributed by atoms with Gasteiger partial charge in [0.2, 0.25) is 0 Å². The monoisotopic (exact) mass is 264 g/mol. The molecule has 0 amide bonds. The van der Waals surface area contributed by atoms with Crippen LogP contribution in [0.4, 0.5) is 5.69 Å². The highest BCUT2D eigenvalue weighted by molar-refractivity contribution is 7.98. The second kappa shape index (κ2) is 5.32. The molecule has 0 atom stereocenters. The molecule has 0 heterocycles. The first-order valence-electron chi connectivity index (χ1n) is 5.40. The number of nitrogens with zero attached hydrogens (tertiary/aromatic N) is 2. The maximum Gasteiger partial charge on any atom is 0.328 e. The van der Waals surface area contributed by atoms with Crippen molar-refractivity contribution in [3.63, 3.8) is 0 Å². The predicted molar refractivity (Wildman–Crippen MR) is 73.1 cm³/mol. The Labute approximate surface area is 111 Å². The number of hydrogen-bond acceptors (Lipinski definition) is 4. The van der Waals surface area contributed by atoms with Gasteiger partial charge in [0, 0.05) is 11.9 Å². The lowest BCUT2D eigenvalue weighted by atomic mass is 10.0. The number of carbonyl (C=O) groups is 1. The highest BCUT2D eigenvalue weighted by Gasteiger charge is 2.33. The van der Waals surface area contributed by atoms with E-state index >= 15 is 0 Å². The minimum absolute atomic E-state index is 0.516. The number of hydrogen-bond donors (Lipinski definition) is 1. The Morgan fingerprint density at radius 3 is 2.56 bits per heavy atom. The van der Waals surface area contributed by atoms with Gasteiger partial charge in [0.15, 0.2) is 0 Å². The first kappa shape index (κ1) is 14.4. The number of carboxylic acid groups (broad SMARTS) is 1. The molecule has 0 aliphatic heterocycles. The molecular formula is C13H16N2O2S. The average Bonchev–Trinajstić information content (AvgIpc) is 2.36. The summed E-state index contributed by atoms with van der Waals surface area (Å²) in [7, 11) is 1.69. The molecule has 0 aromatic heterocycles. The third kappa shape index (κ3) is 2.44. The zero-order chi connectivity index (χ0) is 13.9. The Bertz CT molecular complexity index is 506. The zero-order valence-corrected chi connectivity index (χ0v) is 11.7. The fraction of sp³-hybridized carbons (Fsp3) is 0.385. The number of rotatable bonds is 4. The summed E-state index contributed by atoms with van der Waals surface area (Å²) in [6.07, 6.45) is 1.89. The molecule has 0 saturated heterocycles. The Hall–Kier alpha value is -1.67. The van der Waals surface area contributed by atoms with Crippen molar-refractivity contribution in [1.82, 2.24) is 0 Å². The molecule has 18 heavy (non-hydrogen) atoms. The van der Waals surface area contributed by atoms with Crippen molar-refractivity contribution >= 4 is 23.4 Å². The smallest absolute Gasteiger partial charge is 0.328 e. The molecule has 0 unspecified atom stereocenters. The topological polar surface area (TPSA) is 64.3 Å². The van der Waals surface area contributed by atoms with Crippen molar-refractivity contribution in [3.05, 3.63) is 23.8 Å². The standard InChI is InChI=1S/C13H16N2O2S/c1-13(2,12(16)17)15(3)10-6-5-7-11(18-4)9(10)8-14/h5-7H,1-4H3,(H,16,17). The SMILES string of the molecule is CSc1cccc(N(C)C(C)(C)C(=O)O)c1C#N. The predicted octanol–water partition coefficient (Wildman–Crippen LogP) is 2.58. The molecule has 96 valence electrons. The van der Waals surface area contributed by atoms with Gasteiger partial charge in [-0.1, -0.05) is 6.07 Å². The highest BCUT2D eigenvalue weighted by Crippen LogP contribution is 2.31. The number of nitriles is 1. The molecule has 0 aliphatic rings. The molecule has 1 aromatic rings. The van der Waals surface area contributed by atoms with Crippen LogP contribution in [0, 0.1) is 11.3 Å². The van der Waals surface area contributed by atoms with Crippen LogP contribution in [0.25, 0.3) is 0 Å². The van der Waals surface area contributed by atoms with E-state index in [0.29, 0.717) is 11.3 Å². The third-order valence-corrected chi connectivity index (χ3v) is 3.84. The van der Waals surface area contributed by atoms with Gasteiger partial charge in [0.05, 0.1) is 11.3 Å². The molecular weight excluding hydrogens is 248 g/mol. The fourth-order valence-electron chi connectivity index (χ4n) is 1.53. The van der Waals surface area contributed by atoms with E-state index in [1.807, 2.05) is 18.4 Å². The molecule has 0 radical (unpaired) electrons. The summed E-state index contributed by atoms with van der Waals surface area (Å²) in [4.78, 5) is 13.7. The molecule has 0 spiro atoms. The normalized spacial score (nSPS) is 10.8. The van der Waals surface area contributed by atoms with Gasteiger partial charge in [-0.3, -0.25) is 0 Å². The summed E-state index contributed by atoms with van der Waals surface area (Å²) in [6, 6.07) is 7.60. The van der Waals surface area contributed by atoms with E-state index in [1.165, 1.54) is 11.8 Å². The molecule has 0 fully saturated rings. The van der Waals surface area contributed by atoms with Crippen LogP contribution in [0.15, 0.2) is 23.1 Å². The molecule has 1 rings (SSSR count). The lowest BCUT2D eigenvalue weighted by molar-refractivity contribution is -0.142. The Balaban J connectivity index is 3.35. The third-order valence-electron chi connectivity index (χ3n) is 3.06. The van der Waals surface area contributed by atoms with Gasteiger partial charge in [0.1, 0.15) is 11.6 Å². The van der Waals surface area contributed by atoms with Crippen LogP contribution >= 0.6 is 11.8 Å². The van der Waals surface area contributed by atoms with Crippen molar-refractivity contribution < 1.29 is 9.90 Å². The summed E-state index contributed by atoms with van der Waals surface area (Å²) < 4.78 is 0. The van der Waals surface area contributed by atoms with E-state index in [1.54, 1.807) is 31.9 Å². The van der Waals surface area contributed by atoms with E-state index < -0.39 is 11.5 Å². The summed E-state index contributed by atoms with van der Waals surface area (Å²) in [5, 5.41) is 18.5. The summed E-state index contributed by atoms with van der Waals surface area (Å²) >= 11 is 1.47. The zero-order valence-electron chi connectivity index (χ0n) is 10.9. The molecule has 5 heteroatoms. The molecule has 1 N–H and O–H groups in total. The first-order valence-corrected chi connectivity index (χ1v) is 6.63. The van der Waals surface area contributed by atoms with Crippen LogP contribution in [-0.2, 0) is 4.79 Å². The van der Waals surface area contributed by atoms with Crippen molar-refractivity contribution in [2.75, 3.05) is 18.2 Å². The highest BCUT2D eigenvalue weighted by atomic mass is 32.2. The molecule has 4 nitrogen and oxygen atoms in total. The number of thioether (sulfide) groups is 1. The number of aliphatic carboxylic acids is 1. The Kier molecular flexibility index (Phi) is 4.25. The first-order chi connectivity index (χ1) is 8.36. The number of likely N-dealkylation sites (N-methyl/N-ethyl adjacent to an activating group) is 1. The number of benzene rings is 1. The van der Waals surface area contributed by atoms with Gasteiger partial charge < -0.3 is 10.0 Å².